The molecule has 24 heteroatoms. The second-order valence-electron chi connectivity index (χ2n) is 11.9. The van der Waals surface area contributed by atoms with Crippen molar-refractivity contribution >= 4 is 161 Å². The number of amides is 5. The van der Waals surface area contributed by atoms with E-state index in [1.54, 1.807) is 113 Å². The van der Waals surface area contributed by atoms with Gasteiger partial charge < -0.3 is 66.6 Å². The van der Waals surface area contributed by atoms with Gasteiger partial charge in [0.2, 0.25) is 12.8 Å². The van der Waals surface area contributed by atoms with Gasteiger partial charge in [0.15, 0.2) is 5.78 Å². The van der Waals surface area contributed by atoms with Crippen LogP contribution in [-0.2, 0) is 9.59 Å². The zero-order valence-corrected chi connectivity index (χ0v) is 40.4. The van der Waals surface area contributed by atoms with Crippen molar-refractivity contribution in [2.45, 2.75) is 37.3 Å². The van der Waals surface area contributed by atoms with E-state index in [2.05, 4.69) is 16.0 Å². The molecule has 57 heavy (non-hydrogen) atoms. The summed E-state index contributed by atoms with van der Waals surface area (Å²) in [6.45, 7) is -3.98. The number of ketones is 1. The molecule has 0 spiro atoms. The highest BCUT2D eigenvalue weighted by Gasteiger charge is 2.33. The van der Waals surface area contributed by atoms with Crippen LogP contribution in [0.25, 0.3) is 0 Å². The molecule has 0 aliphatic carbocycles. The van der Waals surface area contributed by atoms with E-state index in [4.69, 9.17) is 0 Å². The summed E-state index contributed by atoms with van der Waals surface area (Å²) in [7, 11) is 0. The van der Waals surface area contributed by atoms with Crippen molar-refractivity contribution in [2.75, 3.05) is 69.0 Å². The molecule has 0 aliphatic heterocycles. The standard InChI is InChI=1S/C33H40I5N5O14/c34-24-17(19(52)2-1-15(50)11-46)7-18(31(55)39-3-5-44)25(35)29(24)42(13-48)9-20(53)21(54)10-43(14-49)30-27(37)22(32(56)40-4-6-45)26(36)23(28(30)38)33(57)41-8-16(51)12-47/h7,13-16,20-21,44-47,50-51,53-54H,1-6,8-12H2,(H,39,55)(H,40,56)(H,41,57). The number of benzene rings is 2. The van der Waals surface area contributed by atoms with E-state index in [9.17, 15) is 69.6 Å². The number of Topliss-reactive ketones (excluding diaryl/α,β-unsaturated/α-hetero) is 1. The number of aliphatic hydroxyl groups is 8. The van der Waals surface area contributed by atoms with Crippen LogP contribution in [0, 0.1) is 17.9 Å². The fraction of sp³-hybridized carbons (Fsp3) is 0.455. The quantitative estimate of drug-likeness (QED) is 0.0338. The summed E-state index contributed by atoms with van der Waals surface area (Å²) in [5.74, 6) is -2.74. The number of carbonyl (C=O) groups excluding carboxylic acids is 6. The Balaban J connectivity index is 2.62. The van der Waals surface area contributed by atoms with E-state index in [0.717, 1.165) is 9.80 Å². The lowest BCUT2D eigenvalue weighted by Gasteiger charge is -2.30. The molecule has 0 bridgehead atoms. The molecule has 0 fully saturated rings. The molecule has 0 heterocycles. The highest BCUT2D eigenvalue weighted by Crippen LogP contribution is 2.38. The Hall–Kier alpha value is -1.21. The summed E-state index contributed by atoms with van der Waals surface area (Å²) in [4.78, 5) is 80.3. The molecular formula is C33H40I5N5O14. The van der Waals surface area contributed by atoms with Crippen molar-refractivity contribution in [3.8, 4) is 0 Å². The molecule has 0 saturated heterocycles. The highest BCUT2D eigenvalue weighted by atomic mass is 127. The van der Waals surface area contributed by atoms with Crippen molar-refractivity contribution in [3.05, 3.63) is 46.2 Å². The van der Waals surface area contributed by atoms with Crippen molar-refractivity contribution in [3.63, 3.8) is 0 Å². The number of nitrogens with one attached hydrogen (secondary N) is 3. The van der Waals surface area contributed by atoms with Gasteiger partial charge in [0.25, 0.3) is 17.7 Å². The van der Waals surface area contributed by atoms with Gasteiger partial charge in [-0.1, -0.05) is 0 Å². The normalized spacial score (nSPS) is 13.2. The van der Waals surface area contributed by atoms with Gasteiger partial charge in [-0.25, -0.2) is 0 Å². The van der Waals surface area contributed by atoms with Gasteiger partial charge in [-0.2, -0.15) is 0 Å². The SMILES string of the molecule is O=CN(CC(O)C(O)CN(C=O)c1c(I)c(C(=O)NCCO)c(I)c(C(=O)NCC(O)CO)c1I)c1c(I)c(C(=O)CCC(O)CO)cc(C(=O)NCCO)c1I. The molecule has 2 rings (SSSR count). The topological polar surface area (TPSA) is 307 Å². The minimum absolute atomic E-state index is 0.00892. The maximum absolute atomic E-state index is 13.4. The van der Waals surface area contributed by atoms with Crippen LogP contribution in [0.1, 0.15) is 54.3 Å². The number of nitrogens with zero attached hydrogens (tertiary/aromatic N) is 2. The number of hydrogen-bond acceptors (Lipinski definition) is 14. The number of anilines is 2. The number of aliphatic hydroxyl groups excluding tert-OH is 8. The van der Waals surface area contributed by atoms with Crippen molar-refractivity contribution < 1.29 is 69.6 Å². The lowest BCUT2D eigenvalue weighted by molar-refractivity contribution is -0.109. The van der Waals surface area contributed by atoms with Crippen molar-refractivity contribution in [1.29, 1.82) is 0 Å². The number of carbonyl (C=O) groups is 6. The Kier molecular flexibility index (Phi) is 23.3. The summed E-state index contributed by atoms with van der Waals surface area (Å²) in [5.41, 5.74) is -0.256. The van der Waals surface area contributed by atoms with E-state index in [1.165, 1.54) is 6.07 Å². The van der Waals surface area contributed by atoms with E-state index >= 15 is 0 Å². The van der Waals surface area contributed by atoms with E-state index < -0.39 is 87.4 Å². The summed E-state index contributed by atoms with van der Waals surface area (Å²) in [6.07, 6.45) is -5.86. The number of hydrogen-bond donors (Lipinski definition) is 11. The first-order valence-corrected chi connectivity index (χ1v) is 22.0. The second-order valence-corrected chi connectivity index (χ2v) is 17.3. The number of rotatable bonds is 24. The lowest BCUT2D eigenvalue weighted by Crippen LogP contribution is -2.45. The predicted octanol–water partition coefficient (Wildman–Crippen LogP) is -1.10. The van der Waals surface area contributed by atoms with Crippen LogP contribution >= 0.6 is 113 Å². The first-order valence-electron chi connectivity index (χ1n) is 16.7. The summed E-state index contributed by atoms with van der Waals surface area (Å²) >= 11 is 8.87. The third kappa shape index (κ3) is 13.9. The molecule has 4 atom stereocenters. The minimum atomic E-state index is -1.81. The molecule has 19 nitrogen and oxygen atoms in total. The predicted molar refractivity (Wildman–Crippen MR) is 246 cm³/mol. The summed E-state index contributed by atoms with van der Waals surface area (Å²) in [5, 5.41) is 86.5. The van der Waals surface area contributed by atoms with Crippen LogP contribution in [-0.4, -0.2) is 161 Å². The van der Waals surface area contributed by atoms with Gasteiger partial charge in [0.05, 0.1) is 103 Å². The molecule has 4 unspecified atom stereocenters. The molecule has 0 aromatic heterocycles. The fourth-order valence-corrected chi connectivity index (χ4v) is 12.3. The molecule has 0 aliphatic rings. The van der Waals surface area contributed by atoms with Gasteiger partial charge in [0, 0.05) is 38.8 Å². The van der Waals surface area contributed by atoms with Crippen LogP contribution in [0.15, 0.2) is 6.07 Å². The molecule has 2 aromatic rings. The maximum Gasteiger partial charge on any atom is 0.253 e. The highest BCUT2D eigenvalue weighted by molar-refractivity contribution is 14.1. The Morgan fingerprint density at radius 3 is 1.51 bits per heavy atom. The summed E-state index contributed by atoms with van der Waals surface area (Å²) in [6, 6.07) is 1.29. The Labute approximate surface area is 394 Å². The third-order valence-corrected chi connectivity index (χ3v) is 13.3. The maximum atomic E-state index is 13.4. The zero-order valence-electron chi connectivity index (χ0n) is 29.6. The molecule has 0 radical (unpaired) electrons. The summed E-state index contributed by atoms with van der Waals surface area (Å²) < 4.78 is 0.757. The van der Waals surface area contributed by atoms with Gasteiger partial charge >= 0.3 is 0 Å². The molecule has 5 amide bonds. The average Bonchev–Trinajstić information content (AvgIpc) is 3.18. The van der Waals surface area contributed by atoms with Crippen molar-refractivity contribution in [1.82, 2.24) is 16.0 Å². The van der Waals surface area contributed by atoms with Crippen LogP contribution in [0.5, 0.6) is 0 Å². The van der Waals surface area contributed by atoms with Crippen LogP contribution < -0.4 is 25.8 Å². The molecule has 2 aromatic carbocycles. The first-order chi connectivity index (χ1) is 26.9. The average molecular weight is 1370 g/mol. The first kappa shape index (κ1) is 51.9. The molecule has 11 N–H and O–H groups in total. The molecular weight excluding hydrogens is 1320 g/mol. The zero-order chi connectivity index (χ0) is 43.1. The molecule has 316 valence electrons. The number of halogens is 5. The Morgan fingerprint density at radius 1 is 0.614 bits per heavy atom. The largest absolute Gasteiger partial charge is 0.395 e. The van der Waals surface area contributed by atoms with Gasteiger partial charge in [-0.15, -0.1) is 0 Å². The monoisotopic (exact) mass is 1360 g/mol. The van der Waals surface area contributed by atoms with E-state index in [1.807, 2.05) is 0 Å². The van der Waals surface area contributed by atoms with E-state index in [-0.39, 0.29) is 84.0 Å². The third-order valence-electron chi connectivity index (χ3n) is 7.93. The smallest absolute Gasteiger partial charge is 0.253 e. The van der Waals surface area contributed by atoms with Crippen LogP contribution in [0.4, 0.5) is 11.4 Å². The van der Waals surface area contributed by atoms with Crippen molar-refractivity contribution in [2.24, 2.45) is 0 Å². The fourth-order valence-electron chi connectivity index (χ4n) is 4.97. The van der Waals surface area contributed by atoms with Crippen LogP contribution in [0.2, 0.25) is 0 Å². The Morgan fingerprint density at radius 2 is 1.05 bits per heavy atom. The lowest BCUT2D eigenvalue weighted by atomic mass is 10.00. The van der Waals surface area contributed by atoms with Crippen LogP contribution in [0.3, 0.4) is 0 Å². The van der Waals surface area contributed by atoms with Gasteiger partial charge in [-0.05, 0) is 125 Å². The van der Waals surface area contributed by atoms with Gasteiger partial charge in [-0.3, -0.25) is 28.8 Å². The molecule has 0 saturated carbocycles. The van der Waals surface area contributed by atoms with E-state index in [0.29, 0.717) is 12.8 Å². The van der Waals surface area contributed by atoms with Gasteiger partial charge in [0.1, 0.15) is 0 Å². The second kappa shape index (κ2) is 25.5. The minimum Gasteiger partial charge on any atom is -0.395 e. The Bertz CT molecular complexity index is 1790.